The van der Waals surface area contributed by atoms with E-state index >= 15 is 0 Å². The van der Waals surface area contributed by atoms with Crippen LogP contribution in [0.3, 0.4) is 0 Å². The molecule has 1 saturated carbocycles. The molecular weight excluding hydrogens is 246 g/mol. The molecule has 0 aliphatic heterocycles. The molecule has 0 saturated heterocycles. The van der Waals surface area contributed by atoms with Gasteiger partial charge in [-0.1, -0.05) is 26.7 Å². The zero-order valence-corrected chi connectivity index (χ0v) is 12.8. The molecule has 1 N–H and O–H groups in total. The lowest BCUT2D eigenvalue weighted by Crippen LogP contribution is -2.27. The fraction of sp³-hybridized carbons (Fsp3) is 1.00. The van der Waals surface area contributed by atoms with Crippen LogP contribution in [-0.4, -0.2) is 33.0 Å². The van der Waals surface area contributed by atoms with Crippen molar-refractivity contribution in [2.75, 3.05) is 24.6 Å². The summed E-state index contributed by atoms with van der Waals surface area (Å²) in [6.07, 6.45) is 7.01. The molecule has 0 amide bonds. The first-order valence-electron chi connectivity index (χ1n) is 7.41. The molecule has 0 aromatic carbocycles. The molecule has 0 atom stereocenters. The average molecular weight is 275 g/mol. The standard InChI is InChI=1S/C14H29NO2S/c1-13(2)6-5-9-15-10-11-18(16,17)12-14-7-3-4-8-14/h13-15H,3-12H2,1-2H3. The van der Waals surface area contributed by atoms with Gasteiger partial charge in [-0.15, -0.1) is 0 Å². The summed E-state index contributed by atoms with van der Waals surface area (Å²) < 4.78 is 23.8. The Hall–Kier alpha value is -0.0900. The van der Waals surface area contributed by atoms with Crippen LogP contribution in [0.25, 0.3) is 0 Å². The van der Waals surface area contributed by atoms with Crippen LogP contribution in [0.2, 0.25) is 0 Å². The molecule has 1 fully saturated rings. The van der Waals surface area contributed by atoms with Crippen LogP contribution >= 0.6 is 0 Å². The van der Waals surface area contributed by atoms with E-state index in [0.29, 0.717) is 24.0 Å². The first-order chi connectivity index (χ1) is 8.49. The molecule has 0 unspecified atom stereocenters. The smallest absolute Gasteiger partial charge is 0.151 e. The third kappa shape index (κ3) is 7.37. The van der Waals surface area contributed by atoms with Crippen LogP contribution in [0.1, 0.15) is 52.4 Å². The maximum Gasteiger partial charge on any atom is 0.151 e. The minimum atomic E-state index is -2.83. The molecule has 0 radical (unpaired) electrons. The molecule has 0 spiro atoms. The minimum absolute atomic E-state index is 0.311. The van der Waals surface area contributed by atoms with E-state index in [1.807, 2.05) is 0 Å². The van der Waals surface area contributed by atoms with Gasteiger partial charge in [0.2, 0.25) is 0 Å². The Labute approximate surface area is 113 Å². The highest BCUT2D eigenvalue weighted by Crippen LogP contribution is 2.25. The first-order valence-corrected chi connectivity index (χ1v) is 9.23. The predicted molar refractivity (Wildman–Crippen MR) is 77.6 cm³/mol. The normalized spacial score (nSPS) is 17.7. The molecule has 1 aliphatic carbocycles. The van der Waals surface area contributed by atoms with Gasteiger partial charge >= 0.3 is 0 Å². The minimum Gasteiger partial charge on any atom is -0.316 e. The zero-order chi connectivity index (χ0) is 13.4. The van der Waals surface area contributed by atoms with E-state index < -0.39 is 9.84 Å². The maximum atomic E-state index is 11.9. The monoisotopic (exact) mass is 275 g/mol. The van der Waals surface area contributed by atoms with Crippen molar-refractivity contribution in [1.82, 2.24) is 5.32 Å². The molecular formula is C14H29NO2S. The van der Waals surface area contributed by atoms with E-state index in [1.165, 1.54) is 19.3 Å². The summed E-state index contributed by atoms with van der Waals surface area (Å²) in [6, 6.07) is 0. The average Bonchev–Trinajstić information content (AvgIpc) is 2.74. The highest BCUT2D eigenvalue weighted by molar-refractivity contribution is 7.91. The Balaban J connectivity index is 2.06. The van der Waals surface area contributed by atoms with Crippen LogP contribution in [0.15, 0.2) is 0 Å². The second-order valence-corrected chi connectivity index (χ2v) is 8.28. The van der Waals surface area contributed by atoms with Gasteiger partial charge < -0.3 is 5.32 Å². The van der Waals surface area contributed by atoms with Crippen LogP contribution in [-0.2, 0) is 9.84 Å². The van der Waals surface area contributed by atoms with Gasteiger partial charge in [0.25, 0.3) is 0 Å². The van der Waals surface area contributed by atoms with Gasteiger partial charge in [-0.25, -0.2) is 8.42 Å². The first kappa shape index (κ1) is 16.0. The number of nitrogens with one attached hydrogen (secondary N) is 1. The second-order valence-electron chi connectivity index (χ2n) is 6.05. The Morgan fingerprint density at radius 2 is 1.83 bits per heavy atom. The fourth-order valence-corrected chi connectivity index (χ4v) is 4.28. The molecule has 0 aromatic heterocycles. The number of hydrogen-bond donors (Lipinski definition) is 1. The molecule has 1 aliphatic rings. The van der Waals surface area contributed by atoms with Crippen molar-refractivity contribution < 1.29 is 8.42 Å². The summed E-state index contributed by atoms with van der Waals surface area (Å²) in [6.45, 7) is 5.99. The lowest BCUT2D eigenvalue weighted by Gasteiger charge is -2.10. The molecule has 0 heterocycles. The SMILES string of the molecule is CC(C)CCCNCCS(=O)(=O)CC1CCCC1. The molecule has 108 valence electrons. The van der Waals surface area contributed by atoms with Crippen molar-refractivity contribution >= 4 is 9.84 Å². The lowest BCUT2D eigenvalue weighted by atomic mass is 10.1. The highest BCUT2D eigenvalue weighted by Gasteiger charge is 2.21. The lowest BCUT2D eigenvalue weighted by molar-refractivity contribution is 0.529. The summed E-state index contributed by atoms with van der Waals surface area (Å²) >= 11 is 0. The largest absolute Gasteiger partial charge is 0.316 e. The Morgan fingerprint density at radius 3 is 2.44 bits per heavy atom. The number of hydrogen-bond acceptors (Lipinski definition) is 3. The molecule has 3 nitrogen and oxygen atoms in total. The predicted octanol–water partition coefficient (Wildman–Crippen LogP) is 2.62. The van der Waals surface area contributed by atoms with Gasteiger partial charge in [-0.3, -0.25) is 0 Å². The Morgan fingerprint density at radius 1 is 1.17 bits per heavy atom. The quantitative estimate of drug-likeness (QED) is 0.658. The summed E-state index contributed by atoms with van der Waals surface area (Å²) in [4.78, 5) is 0. The zero-order valence-electron chi connectivity index (χ0n) is 12.0. The van der Waals surface area contributed by atoms with Crippen molar-refractivity contribution in [3.05, 3.63) is 0 Å². The van der Waals surface area contributed by atoms with Crippen molar-refractivity contribution in [3.8, 4) is 0 Å². The van der Waals surface area contributed by atoms with Crippen LogP contribution in [0, 0.1) is 11.8 Å². The Bertz CT molecular complexity index is 306. The summed E-state index contributed by atoms with van der Waals surface area (Å²) in [5.41, 5.74) is 0. The summed E-state index contributed by atoms with van der Waals surface area (Å²) in [7, 11) is -2.83. The van der Waals surface area contributed by atoms with E-state index in [1.54, 1.807) is 0 Å². The van der Waals surface area contributed by atoms with Crippen molar-refractivity contribution in [1.29, 1.82) is 0 Å². The van der Waals surface area contributed by atoms with Gasteiger partial charge in [-0.2, -0.15) is 0 Å². The van der Waals surface area contributed by atoms with Crippen LogP contribution < -0.4 is 5.32 Å². The van der Waals surface area contributed by atoms with Crippen LogP contribution in [0.4, 0.5) is 0 Å². The van der Waals surface area contributed by atoms with Crippen molar-refractivity contribution in [2.24, 2.45) is 11.8 Å². The molecule has 0 bridgehead atoms. The summed E-state index contributed by atoms with van der Waals surface area (Å²) in [5.74, 6) is 1.90. The topological polar surface area (TPSA) is 46.2 Å². The third-order valence-corrected chi connectivity index (χ3v) is 5.49. The van der Waals surface area contributed by atoms with E-state index in [2.05, 4.69) is 19.2 Å². The van der Waals surface area contributed by atoms with Gasteiger partial charge in [-0.05, 0) is 44.1 Å². The Kier molecular flexibility index (Phi) is 7.23. The molecule has 0 aromatic rings. The van der Waals surface area contributed by atoms with Crippen molar-refractivity contribution in [3.63, 3.8) is 0 Å². The van der Waals surface area contributed by atoms with E-state index in [-0.39, 0.29) is 0 Å². The van der Waals surface area contributed by atoms with E-state index in [4.69, 9.17) is 0 Å². The van der Waals surface area contributed by atoms with Crippen LogP contribution in [0.5, 0.6) is 0 Å². The molecule has 1 rings (SSSR count). The van der Waals surface area contributed by atoms with Gasteiger partial charge in [0, 0.05) is 6.54 Å². The van der Waals surface area contributed by atoms with E-state index in [0.717, 1.165) is 31.7 Å². The molecule has 18 heavy (non-hydrogen) atoms. The molecule has 4 heteroatoms. The second kappa shape index (κ2) is 8.16. The number of rotatable bonds is 9. The van der Waals surface area contributed by atoms with Crippen molar-refractivity contribution in [2.45, 2.75) is 52.4 Å². The maximum absolute atomic E-state index is 11.9. The van der Waals surface area contributed by atoms with Gasteiger partial charge in [0.15, 0.2) is 9.84 Å². The fourth-order valence-electron chi connectivity index (χ4n) is 2.61. The van der Waals surface area contributed by atoms with Gasteiger partial charge in [0.1, 0.15) is 0 Å². The highest BCUT2D eigenvalue weighted by atomic mass is 32.2. The van der Waals surface area contributed by atoms with Gasteiger partial charge in [0.05, 0.1) is 11.5 Å². The number of sulfone groups is 1. The summed E-state index contributed by atoms with van der Waals surface area (Å²) in [5, 5.41) is 3.24. The van der Waals surface area contributed by atoms with E-state index in [9.17, 15) is 8.42 Å². The third-order valence-electron chi connectivity index (χ3n) is 3.69.